The van der Waals surface area contributed by atoms with Crippen molar-refractivity contribution >= 4 is 5.97 Å². The molecule has 0 unspecified atom stereocenters. The smallest absolute Gasteiger partial charge is 0.303 e. The molecule has 12 heavy (non-hydrogen) atoms. The van der Waals surface area contributed by atoms with Gasteiger partial charge in [0.2, 0.25) is 0 Å². The summed E-state index contributed by atoms with van der Waals surface area (Å²) in [4.78, 5) is 10.2. The first-order valence-corrected chi connectivity index (χ1v) is 3.58. The summed E-state index contributed by atoms with van der Waals surface area (Å²) in [5.74, 6) is -0.825. The van der Waals surface area contributed by atoms with Gasteiger partial charge in [-0.15, -0.1) is 0 Å². The van der Waals surface area contributed by atoms with Crippen LogP contribution in [0.5, 0.6) is 0 Å². The van der Waals surface area contributed by atoms with Gasteiger partial charge in [0.1, 0.15) is 0 Å². The van der Waals surface area contributed by atoms with Crippen LogP contribution < -0.4 is 4.73 Å². The number of carboxylic acids is 1. The molecule has 0 bridgehead atoms. The Morgan fingerprint density at radius 2 is 2.08 bits per heavy atom. The van der Waals surface area contributed by atoms with Gasteiger partial charge in [-0.2, -0.15) is 4.73 Å². The lowest BCUT2D eigenvalue weighted by molar-refractivity contribution is -0.605. The fourth-order valence-corrected chi connectivity index (χ4v) is 0.862. The van der Waals surface area contributed by atoms with Gasteiger partial charge in [0.25, 0.3) is 0 Å². The second kappa shape index (κ2) is 3.71. The molecule has 0 spiro atoms. The van der Waals surface area contributed by atoms with E-state index in [-0.39, 0.29) is 6.42 Å². The minimum absolute atomic E-state index is 0.100. The third-order valence-electron chi connectivity index (χ3n) is 1.50. The van der Waals surface area contributed by atoms with Gasteiger partial charge in [-0.3, -0.25) is 4.79 Å². The molecule has 0 fully saturated rings. The van der Waals surface area contributed by atoms with E-state index < -0.39 is 5.97 Å². The minimum Gasteiger partial charge on any atom is -0.619 e. The Bertz CT molecular complexity index is 268. The Hall–Kier alpha value is -1.58. The first-order valence-electron chi connectivity index (χ1n) is 3.58. The van der Waals surface area contributed by atoms with Crippen LogP contribution in [0.15, 0.2) is 24.5 Å². The number of carboxylic acid groups (broad SMARTS) is 1. The van der Waals surface area contributed by atoms with Crippen LogP contribution >= 0.6 is 0 Å². The van der Waals surface area contributed by atoms with E-state index in [0.717, 1.165) is 5.56 Å². The monoisotopic (exact) mass is 167 g/mol. The van der Waals surface area contributed by atoms with Gasteiger partial charge in [0.05, 0.1) is 0 Å². The predicted molar refractivity (Wildman–Crippen MR) is 41.4 cm³/mol. The van der Waals surface area contributed by atoms with Gasteiger partial charge >= 0.3 is 5.97 Å². The minimum atomic E-state index is -0.825. The first-order chi connectivity index (χ1) is 5.68. The van der Waals surface area contributed by atoms with Gasteiger partial charge in [0, 0.05) is 18.6 Å². The summed E-state index contributed by atoms with van der Waals surface area (Å²) in [6.45, 7) is 0. The summed E-state index contributed by atoms with van der Waals surface area (Å²) in [5.41, 5.74) is 0.865. The van der Waals surface area contributed by atoms with Crippen LogP contribution in [0.4, 0.5) is 0 Å². The van der Waals surface area contributed by atoms with Gasteiger partial charge < -0.3 is 10.3 Å². The standard InChI is InChI=1S/C8H9NO3/c10-8(11)2-1-7-3-5-9(12)6-4-7/h3-6H,1-2H2,(H,10,11). The fraction of sp³-hybridized carbons (Fsp3) is 0.250. The van der Waals surface area contributed by atoms with E-state index in [1.807, 2.05) is 0 Å². The van der Waals surface area contributed by atoms with Crippen molar-refractivity contribution in [1.29, 1.82) is 0 Å². The number of carbonyl (C=O) groups is 1. The molecule has 0 aliphatic rings. The number of rotatable bonds is 3. The molecule has 1 aromatic rings. The molecule has 0 amide bonds. The van der Waals surface area contributed by atoms with Crippen molar-refractivity contribution in [3.05, 3.63) is 35.3 Å². The second-order valence-electron chi connectivity index (χ2n) is 2.46. The van der Waals surface area contributed by atoms with Crippen LogP contribution in [0.1, 0.15) is 12.0 Å². The van der Waals surface area contributed by atoms with Crippen molar-refractivity contribution in [1.82, 2.24) is 0 Å². The molecule has 0 atom stereocenters. The first kappa shape index (κ1) is 8.52. The Morgan fingerprint density at radius 1 is 1.50 bits per heavy atom. The molecular formula is C8H9NO3. The van der Waals surface area contributed by atoms with Crippen LogP contribution in [0.2, 0.25) is 0 Å². The molecule has 4 nitrogen and oxygen atoms in total. The molecule has 0 saturated carbocycles. The van der Waals surface area contributed by atoms with E-state index in [0.29, 0.717) is 11.2 Å². The molecule has 1 rings (SSSR count). The van der Waals surface area contributed by atoms with Gasteiger partial charge in [-0.05, 0) is 12.0 Å². The van der Waals surface area contributed by atoms with Crippen LogP contribution in [0.3, 0.4) is 0 Å². The van der Waals surface area contributed by atoms with Crippen molar-refractivity contribution < 1.29 is 14.6 Å². The lowest BCUT2D eigenvalue weighted by Gasteiger charge is -1.97. The predicted octanol–water partition coefficient (Wildman–Crippen LogP) is 0.337. The van der Waals surface area contributed by atoms with Crippen molar-refractivity contribution in [2.24, 2.45) is 0 Å². The van der Waals surface area contributed by atoms with Gasteiger partial charge in [0.15, 0.2) is 12.4 Å². The molecule has 0 aromatic carbocycles. The van der Waals surface area contributed by atoms with Crippen molar-refractivity contribution in [3.8, 4) is 0 Å². The Kier molecular flexibility index (Phi) is 2.63. The highest BCUT2D eigenvalue weighted by Gasteiger charge is 1.99. The van der Waals surface area contributed by atoms with E-state index in [1.165, 1.54) is 12.4 Å². The zero-order valence-electron chi connectivity index (χ0n) is 6.43. The van der Waals surface area contributed by atoms with Crippen molar-refractivity contribution in [2.45, 2.75) is 12.8 Å². The quantitative estimate of drug-likeness (QED) is 0.521. The van der Waals surface area contributed by atoms with Crippen LogP contribution in [-0.2, 0) is 11.2 Å². The van der Waals surface area contributed by atoms with Gasteiger partial charge in [-0.1, -0.05) is 0 Å². The Balaban J connectivity index is 2.53. The van der Waals surface area contributed by atoms with Crippen molar-refractivity contribution in [2.75, 3.05) is 0 Å². The van der Waals surface area contributed by atoms with E-state index in [9.17, 15) is 10.0 Å². The van der Waals surface area contributed by atoms with Crippen molar-refractivity contribution in [3.63, 3.8) is 0 Å². The summed E-state index contributed by atoms with van der Waals surface area (Å²) in [6, 6.07) is 3.24. The normalized spacial score (nSPS) is 9.67. The Labute approximate surface area is 69.7 Å². The van der Waals surface area contributed by atoms with E-state index >= 15 is 0 Å². The topological polar surface area (TPSA) is 64.2 Å². The number of aliphatic carboxylic acids is 1. The lowest BCUT2D eigenvalue weighted by Crippen LogP contribution is -2.23. The SMILES string of the molecule is O=C(O)CCc1cc[n+]([O-])cc1. The van der Waals surface area contributed by atoms with Gasteiger partial charge in [-0.25, -0.2) is 0 Å². The summed E-state index contributed by atoms with van der Waals surface area (Å²) in [6.07, 6.45) is 3.29. The number of hydrogen-bond donors (Lipinski definition) is 1. The molecule has 64 valence electrons. The lowest BCUT2D eigenvalue weighted by atomic mass is 10.1. The summed E-state index contributed by atoms with van der Waals surface area (Å²) in [7, 11) is 0. The highest BCUT2D eigenvalue weighted by Crippen LogP contribution is 1.99. The molecule has 0 aliphatic carbocycles. The van der Waals surface area contributed by atoms with Crippen LogP contribution in [0, 0.1) is 5.21 Å². The van der Waals surface area contributed by atoms with Crippen LogP contribution in [-0.4, -0.2) is 11.1 Å². The number of aromatic nitrogens is 1. The highest BCUT2D eigenvalue weighted by atomic mass is 16.5. The molecule has 0 aliphatic heterocycles. The average Bonchev–Trinajstić information content (AvgIpc) is 2.03. The Morgan fingerprint density at radius 3 is 2.58 bits per heavy atom. The second-order valence-corrected chi connectivity index (χ2v) is 2.46. The fourth-order valence-electron chi connectivity index (χ4n) is 0.862. The van der Waals surface area contributed by atoms with Crippen LogP contribution in [0.25, 0.3) is 0 Å². The third-order valence-corrected chi connectivity index (χ3v) is 1.50. The number of nitrogens with zero attached hydrogens (tertiary/aromatic N) is 1. The molecule has 4 heteroatoms. The molecule has 0 radical (unpaired) electrons. The summed E-state index contributed by atoms with van der Waals surface area (Å²) < 4.78 is 0.671. The summed E-state index contributed by atoms with van der Waals surface area (Å²) >= 11 is 0. The largest absolute Gasteiger partial charge is 0.619 e. The summed E-state index contributed by atoms with van der Waals surface area (Å²) in [5, 5.41) is 18.9. The molecule has 0 saturated heterocycles. The molecular weight excluding hydrogens is 158 g/mol. The van der Waals surface area contributed by atoms with E-state index in [1.54, 1.807) is 12.1 Å². The maximum atomic E-state index is 10.6. The highest BCUT2D eigenvalue weighted by molar-refractivity contribution is 5.67. The molecule has 1 N–H and O–H groups in total. The zero-order valence-corrected chi connectivity index (χ0v) is 6.43. The number of pyridine rings is 1. The van der Waals surface area contributed by atoms with E-state index in [2.05, 4.69) is 0 Å². The number of hydrogen-bond acceptors (Lipinski definition) is 2. The zero-order chi connectivity index (χ0) is 8.97. The molecule has 1 aromatic heterocycles. The third kappa shape index (κ3) is 2.57. The molecule has 1 heterocycles. The average molecular weight is 167 g/mol. The van der Waals surface area contributed by atoms with E-state index in [4.69, 9.17) is 5.11 Å². The maximum Gasteiger partial charge on any atom is 0.303 e. The maximum absolute atomic E-state index is 10.6. The number of aryl methyl sites for hydroxylation is 1.